The molecule has 0 saturated heterocycles. The van der Waals surface area contributed by atoms with E-state index in [9.17, 15) is 28.0 Å². The number of nitrogens with zero attached hydrogens (tertiary/aromatic N) is 2. The number of methoxy groups -OCH3 is 1. The molecule has 1 aromatic heterocycles. The summed E-state index contributed by atoms with van der Waals surface area (Å²) < 4.78 is 46.2. The van der Waals surface area contributed by atoms with Crippen molar-refractivity contribution in [2.75, 3.05) is 7.11 Å². The van der Waals surface area contributed by atoms with E-state index in [0.29, 0.717) is 16.7 Å². The highest BCUT2D eigenvalue weighted by molar-refractivity contribution is 5.89. The van der Waals surface area contributed by atoms with Gasteiger partial charge < -0.3 is 9.30 Å². The van der Waals surface area contributed by atoms with Crippen molar-refractivity contribution in [3.8, 4) is 17.3 Å². The molecule has 5 nitrogen and oxygen atoms in total. The van der Waals surface area contributed by atoms with Gasteiger partial charge in [0.1, 0.15) is 11.6 Å². The molecule has 0 bridgehead atoms. The second-order valence-corrected chi connectivity index (χ2v) is 6.37. The first kappa shape index (κ1) is 20.9. The van der Waals surface area contributed by atoms with Gasteiger partial charge >= 0.3 is 12.1 Å². The molecule has 0 amide bonds. The number of alkyl halides is 3. The third-order valence-electron chi connectivity index (χ3n) is 4.50. The number of rotatable bonds is 4. The molecule has 0 unspecified atom stereocenters. The molecule has 152 valence electrons. The molecule has 0 saturated carbocycles. The van der Waals surface area contributed by atoms with E-state index in [-0.39, 0.29) is 12.2 Å². The van der Waals surface area contributed by atoms with Crippen LogP contribution in [0.15, 0.2) is 65.5 Å². The van der Waals surface area contributed by atoms with Crippen LogP contribution in [-0.4, -0.2) is 17.6 Å². The Kier molecular flexibility index (Phi) is 5.74. The smallest absolute Gasteiger partial charge is 0.417 e. The fourth-order valence-corrected chi connectivity index (χ4v) is 3.03. The number of ether oxygens (including phenoxy) is 1. The Labute approximate surface area is 169 Å². The van der Waals surface area contributed by atoms with Crippen molar-refractivity contribution in [1.29, 1.82) is 5.26 Å². The van der Waals surface area contributed by atoms with Crippen molar-refractivity contribution in [2.45, 2.75) is 12.7 Å². The molecule has 30 heavy (non-hydrogen) atoms. The van der Waals surface area contributed by atoms with Crippen molar-refractivity contribution < 1.29 is 22.7 Å². The number of hydrogen-bond acceptors (Lipinski definition) is 4. The summed E-state index contributed by atoms with van der Waals surface area (Å²) in [7, 11) is 1.24. The molecule has 0 N–H and O–H groups in total. The predicted molar refractivity (Wildman–Crippen MR) is 103 cm³/mol. The van der Waals surface area contributed by atoms with Crippen LogP contribution in [0.2, 0.25) is 0 Å². The van der Waals surface area contributed by atoms with E-state index >= 15 is 0 Å². The van der Waals surface area contributed by atoms with E-state index in [1.807, 2.05) is 0 Å². The minimum absolute atomic E-state index is 0.0315. The highest BCUT2D eigenvalue weighted by Gasteiger charge is 2.36. The minimum atomic E-state index is -4.85. The van der Waals surface area contributed by atoms with Crippen LogP contribution >= 0.6 is 0 Å². The van der Waals surface area contributed by atoms with Gasteiger partial charge in [0.15, 0.2) is 0 Å². The van der Waals surface area contributed by atoms with Crippen LogP contribution in [0.25, 0.3) is 11.3 Å². The van der Waals surface area contributed by atoms with Crippen LogP contribution in [-0.2, 0) is 17.5 Å². The first-order valence-corrected chi connectivity index (χ1v) is 8.74. The number of aromatic nitrogens is 1. The van der Waals surface area contributed by atoms with Crippen LogP contribution in [0.5, 0.6) is 0 Å². The molecular formula is C22H15F3N2O3. The summed E-state index contributed by atoms with van der Waals surface area (Å²) in [5, 5.41) is 9.22. The second-order valence-electron chi connectivity index (χ2n) is 6.37. The van der Waals surface area contributed by atoms with E-state index in [1.54, 1.807) is 42.5 Å². The number of halogens is 3. The normalized spacial score (nSPS) is 11.0. The molecule has 0 aliphatic rings. The molecule has 0 atom stereocenters. The van der Waals surface area contributed by atoms with Gasteiger partial charge in [-0.3, -0.25) is 4.79 Å². The van der Waals surface area contributed by atoms with Crippen molar-refractivity contribution in [2.24, 2.45) is 0 Å². The van der Waals surface area contributed by atoms with Crippen LogP contribution in [0.3, 0.4) is 0 Å². The maximum Gasteiger partial charge on any atom is 0.417 e. The fourth-order valence-electron chi connectivity index (χ4n) is 3.03. The number of pyridine rings is 1. The number of carbonyl (C=O) groups is 1. The molecule has 2 aromatic carbocycles. The quantitative estimate of drug-likeness (QED) is 0.601. The lowest BCUT2D eigenvalue weighted by molar-refractivity contribution is -0.137. The SMILES string of the molecule is COC(=O)c1ccc(Cn2c(-c3ccccc3)cc(C(F)(F)F)c(C#N)c2=O)cc1. The fraction of sp³-hybridized carbons (Fsp3) is 0.136. The van der Waals surface area contributed by atoms with Gasteiger partial charge in [-0.2, -0.15) is 18.4 Å². The number of nitriles is 1. The standard InChI is InChI=1S/C22H15F3N2O3/c1-30-21(29)16-9-7-14(8-10-16)13-27-19(15-5-3-2-4-6-15)11-18(22(23,24)25)17(12-26)20(27)28/h2-11H,13H2,1H3. The molecule has 0 radical (unpaired) electrons. The van der Waals surface area contributed by atoms with Gasteiger partial charge in [-0.25, -0.2) is 4.79 Å². The Balaban J connectivity index is 2.19. The highest BCUT2D eigenvalue weighted by Crippen LogP contribution is 2.33. The summed E-state index contributed by atoms with van der Waals surface area (Å²) in [6.07, 6.45) is -4.85. The largest absolute Gasteiger partial charge is 0.465 e. The molecule has 0 fully saturated rings. The summed E-state index contributed by atoms with van der Waals surface area (Å²) in [6, 6.07) is 16.5. The molecular weight excluding hydrogens is 397 g/mol. The average Bonchev–Trinajstić information content (AvgIpc) is 2.74. The van der Waals surface area contributed by atoms with E-state index in [1.165, 1.54) is 25.3 Å². The van der Waals surface area contributed by atoms with Crippen LogP contribution < -0.4 is 5.56 Å². The summed E-state index contributed by atoms with van der Waals surface area (Å²) in [5.41, 5.74) is -1.99. The van der Waals surface area contributed by atoms with Gasteiger partial charge in [0.05, 0.1) is 30.5 Å². The van der Waals surface area contributed by atoms with Crippen LogP contribution in [0.1, 0.15) is 27.0 Å². The van der Waals surface area contributed by atoms with E-state index in [0.717, 1.165) is 10.6 Å². The van der Waals surface area contributed by atoms with Crippen molar-refractivity contribution in [1.82, 2.24) is 4.57 Å². The summed E-state index contributed by atoms with van der Waals surface area (Å²) >= 11 is 0. The summed E-state index contributed by atoms with van der Waals surface area (Å²) in [5.74, 6) is -0.537. The van der Waals surface area contributed by atoms with Crippen molar-refractivity contribution in [3.63, 3.8) is 0 Å². The second kappa shape index (κ2) is 8.25. The van der Waals surface area contributed by atoms with Gasteiger partial charge in [-0.1, -0.05) is 42.5 Å². The first-order valence-electron chi connectivity index (χ1n) is 8.74. The van der Waals surface area contributed by atoms with Gasteiger partial charge in [-0.15, -0.1) is 0 Å². The van der Waals surface area contributed by atoms with Gasteiger partial charge in [0.2, 0.25) is 0 Å². The Morgan fingerprint density at radius 3 is 2.27 bits per heavy atom. The third-order valence-corrected chi connectivity index (χ3v) is 4.50. The van der Waals surface area contributed by atoms with Crippen molar-refractivity contribution in [3.05, 3.63) is 93.3 Å². The Hall–Kier alpha value is -3.86. The molecule has 8 heteroatoms. The van der Waals surface area contributed by atoms with Crippen LogP contribution in [0.4, 0.5) is 13.2 Å². The molecule has 0 spiro atoms. The topological polar surface area (TPSA) is 72.1 Å². The summed E-state index contributed by atoms with van der Waals surface area (Å²) in [4.78, 5) is 24.4. The predicted octanol–water partition coefficient (Wildman–Crippen LogP) is 4.24. The molecule has 0 aliphatic carbocycles. The zero-order valence-electron chi connectivity index (χ0n) is 15.7. The maximum absolute atomic E-state index is 13.5. The summed E-state index contributed by atoms with van der Waals surface area (Å²) in [6.45, 7) is -0.0860. The average molecular weight is 412 g/mol. The number of carbonyl (C=O) groups excluding carboxylic acids is 1. The van der Waals surface area contributed by atoms with Gasteiger partial charge in [-0.05, 0) is 29.3 Å². The monoisotopic (exact) mass is 412 g/mol. The lowest BCUT2D eigenvalue weighted by Gasteiger charge is -2.18. The van der Waals surface area contributed by atoms with E-state index < -0.39 is 28.8 Å². The Morgan fingerprint density at radius 1 is 1.10 bits per heavy atom. The van der Waals surface area contributed by atoms with E-state index in [4.69, 9.17) is 0 Å². The number of benzene rings is 2. The lowest BCUT2D eigenvalue weighted by atomic mass is 10.0. The highest BCUT2D eigenvalue weighted by atomic mass is 19.4. The van der Waals surface area contributed by atoms with Crippen LogP contribution in [0, 0.1) is 11.3 Å². The van der Waals surface area contributed by atoms with E-state index in [2.05, 4.69) is 4.74 Å². The zero-order valence-corrected chi connectivity index (χ0v) is 15.7. The van der Waals surface area contributed by atoms with Gasteiger partial charge in [0, 0.05) is 0 Å². The number of hydrogen-bond donors (Lipinski definition) is 0. The molecule has 3 rings (SSSR count). The molecule has 1 heterocycles. The Morgan fingerprint density at radius 2 is 1.73 bits per heavy atom. The number of esters is 1. The third kappa shape index (κ3) is 4.10. The van der Waals surface area contributed by atoms with Crippen molar-refractivity contribution >= 4 is 5.97 Å². The molecule has 0 aliphatic heterocycles. The maximum atomic E-state index is 13.5. The lowest BCUT2D eigenvalue weighted by Crippen LogP contribution is -2.28. The van der Waals surface area contributed by atoms with Gasteiger partial charge in [0.25, 0.3) is 5.56 Å². The Bertz CT molecular complexity index is 1180. The first-order chi connectivity index (χ1) is 14.3. The minimum Gasteiger partial charge on any atom is -0.465 e. The molecule has 3 aromatic rings. The zero-order chi connectivity index (χ0) is 21.9.